The Hall–Kier alpha value is -1.38. The van der Waals surface area contributed by atoms with Crippen LogP contribution in [0.15, 0.2) is 36.9 Å². The molecule has 0 saturated carbocycles. The maximum absolute atomic E-state index is 11.7. The average Bonchev–Trinajstić information content (AvgIpc) is 2.08. The number of hydrogen-bond acceptors (Lipinski definition) is 1. The lowest BCUT2D eigenvalue weighted by molar-refractivity contribution is -0.0498. The SMILES string of the molecule is C=CCc1ccc(OC(F)F)cc1. The van der Waals surface area contributed by atoms with E-state index >= 15 is 0 Å². The second-order valence-electron chi connectivity index (χ2n) is 2.52. The maximum Gasteiger partial charge on any atom is 0.387 e. The summed E-state index contributed by atoms with van der Waals surface area (Å²) in [6.07, 6.45) is 2.48. The molecule has 0 N–H and O–H groups in total. The third-order valence-corrected chi connectivity index (χ3v) is 1.53. The molecule has 0 aliphatic rings. The van der Waals surface area contributed by atoms with Crippen LogP contribution in [0.3, 0.4) is 0 Å². The zero-order chi connectivity index (χ0) is 9.68. The quantitative estimate of drug-likeness (QED) is 0.653. The Bertz CT molecular complexity index is 267. The highest BCUT2D eigenvalue weighted by atomic mass is 19.3. The Morgan fingerprint density at radius 3 is 2.38 bits per heavy atom. The largest absolute Gasteiger partial charge is 0.435 e. The summed E-state index contributed by atoms with van der Waals surface area (Å²) in [7, 11) is 0. The van der Waals surface area contributed by atoms with E-state index < -0.39 is 6.61 Å². The predicted octanol–water partition coefficient (Wildman–Crippen LogP) is 3.02. The van der Waals surface area contributed by atoms with E-state index in [-0.39, 0.29) is 5.75 Å². The standard InChI is InChI=1S/C10H10F2O/c1-2-3-8-4-6-9(7-5-8)13-10(11)12/h2,4-7,10H,1,3H2. The molecule has 0 radical (unpaired) electrons. The Balaban J connectivity index is 2.63. The average molecular weight is 184 g/mol. The van der Waals surface area contributed by atoms with Crippen LogP contribution in [0.5, 0.6) is 5.75 Å². The molecule has 13 heavy (non-hydrogen) atoms. The smallest absolute Gasteiger partial charge is 0.387 e. The summed E-state index contributed by atoms with van der Waals surface area (Å²) >= 11 is 0. The van der Waals surface area contributed by atoms with E-state index in [9.17, 15) is 8.78 Å². The van der Waals surface area contributed by atoms with Gasteiger partial charge in [0.15, 0.2) is 0 Å². The van der Waals surface area contributed by atoms with Gasteiger partial charge in [-0.25, -0.2) is 0 Å². The van der Waals surface area contributed by atoms with Crippen molar-refractivity contribution in [3.05, 3.63) is 42.5 Å². The summed E-state index contributed by atoms with van der Waals surface area (Å²) in [5.74, 6) is 0.183. The summed E-state index contributed by atoms with van der Waals surface area (Å²) in [5.41, 5.74) is 1.02. The second-order valence-corrected chi connectivity index (χ2v) is 2.52. The van der Waals surface area contributed by atoms with Crippen LogP contribution in [-0.2, 0) is 6.42 Å². The molecular formula is C10H10F2O. The topological polar surface area (TPSA) is 9.23 Å². The number of alkyl halides is 2. The van der Waals surface area contributed by atoms with E-state index in [4.69, 9.17) is 0 Å². The summed E-state index contributed by atoms with van der Waals surface area (Å²) in [6.45, 7) is 0.817. The second kappa shape index (κ2) is 4.60. The van der Waals surface area contributed by atoms with Crippen molar-refractivity contribution in [2.75, 3.05) is 0 Å². The highest BCUT2D eigenvalue weighted by molar-refractivity contribution is 5.28. The van der Waals surface area contributed by atoms with Crippen LogP contribution in [0.1, 0.15) is 5.56 Å². The normalized spacial score (nSPS) is 10.1. The first-order valence-corrected chi connectivity index (χ1v) is 3.87. The van der Waals surface area contributed by atoms with Gasteiger partial charge in [0.2, 0.25) is 0 Å². The van der Waals surface area contributed by atoms with Gasteiger partial charge in [0.25, 0.3) is 0 Å². The molecule has 0 bridgehead atoms. The number of allylic oxidation sites excluding steroid dienone is 1. The monoisotopic (exact) mass is 184 g/mol. The number of hydrogen-bond donors (Lipinski definition) is 0. The molecule has 1 rings (SSSR count). The minimum Gasteiger partial charge on any atom is -0.435 e. The van der Waals surface area contributed by atoms with Gasteiger partial charge in [-0.15, -0.1) is 6.58 Å². The fourth-order valence-electron chi connectivity index (χ4n) is 0.974. The van der Waals surface area contributed by atoms with Gasteiger partial charge in [-0.3, -0.25) is 0 Å². The van der Waals surface area contributed by atoms with Gasteiger partial charge in [-0.1, -0.05) is 18.2 Å². The van der Waals surface area contributed by atoms with Crippen LogP contribution in [0.2, 0.25) is 0 Å². The van der Waals surface area contributed by atoms with E-state index in [1.807, 2.05) is 0 Å². The van der Waals surface area contributed by atoms with Gasteiger partial charge in [-0.05, 0) is 24.1 Å². The Morgan fingerprint density at radius 1 is 1.31 bits per heavy atom. The predicted molar refractivity (Wildman–Crippen MR) is 47.0 cm³/mol. The highest BCUT2D eigenvalue weighted by Crippen LogP contribution is 2.15. The number of benzene rings is 1. The van der Waals surface area contributed by atoms with Crippen molar-refractivity contribution in [2.45, 2.75) is 13.0 Å². The third kappa shape index (κ3) is 3.23. The van der Waals surface area contributed by atoms with E-state index in [0.29, 0.717) is 0 Å². The van der Waals surface area contributed by atoms with E-state index in [1.54, 1.807) is 18.2 Å². The molecule has 1 nitrogen and oxygen atoms in total. The molecule has 3 heteroatoms. The van der Waals surface area contributed by atoms with Crippen molar-refractivity contribution >= 4 is 0 Å². The van der Waals surface area contributed by atoms with Gasteiger partial charge >= 0.3 is 6.61 Å². The van der Waals surface area contributed by atoms with E-state index in [0.717, 1.165) is 12.0 Å². The van der Waals surface area contributed by atoms with Crippen molar-refractivity contribution < 1.29 is 13.5 Å². The fraction of sp³-hybridized carbons (Fsp3) is 0.200. The Labute approximate surface area is 75.6 Å². The first kappa shape index (κ1) is 9.71. The summed E-state index contributed by atoms with van der Waals surface area (Å²) < 4.78 is 27.6. The zero-order valence-electron chi connectivity index (χ0n) is 7.04. The molecule has 0 aromatic heterocycles. The van der Waals surface area contributed by atoms with Gasteiger partial charge < -0.3 is 4.74 Å². The van der Waals surface area contributed by atoms with Crippen LogP contribution < -0.4 is 4.74 Å². The van der Waals surface area contributed by atoms with Gasteiger partial charge in [0, 0.05) is 0 Å². The number of halogens is 2. The van der Waals surface area contributed by atoms with Crippen molar-refractivity contribution in [3.8, 4) is 5.75 Å². The summed E-state index contributed by atoms with van der Waals surface area (Å²) in [5, 5.41) is 0. The van der Waals surface area contributed by atoms with Crippen molar-refractivity contribution in [3.63, 3.8) is 0 Å². The molecule has 1 aromatic carbocycles. The first-order valence-electron chi connectivity index (χ1n) is 3.87. The number of rotatable bonds is 4. The summed E-state index contributed by atoms with van der Waals surface area (Å²) in [6, 6.07) is 6.51. The molecule has 0 spiro atoms. The third-order valence-electron chi connectivity index (χ3n) is 1.53. The molecule has 70 valence electrons. The molecule has 0 heterocycles. The fourth-order valence-corrected chi connectivity index (χ4v) is 0.974. The molecule has 1 aromatic rings. The lowest BCUT2D eigenvalue weighted by Gasteiger charge is -2.04. The molecular weight excluding hydrogens is 174 g/mol. The van der Waals surface area contributed by atoms with E-state index in [2.05, 4.69) is 11.3 Å². The minimum absolute atomic E-state index is 0.183. The number of ether oxygens (including phenoxy) is 1. The molecule has 0 aliphatic carbocycles. The highest BCUT2D eigenvalue weighted by Gasteiger charge is 2.02. The van der Waals surface area contributed by atoms with Crippen LogP contribution in [-0.4, -0.2) is 6.61 Å². The van der Waals surface area contributed by atoms with Crippen LogP contribution in [0.4, 0.5) is 8.78 Å². The molecule has 0 fully saturated rings. The Kier molecular flexibility index (Phi) is 3.43. The van der Waals surface area contributed by atoms with Crippen LogP contribution in [0.25, 0.3) is 0 Å². The minimum atomic E-state index is -2.76. The summed E-state index contributed by atoms with van der Waals surface area (Å²) in [4.78, 5) is 0. The van der Waals surface area contributed by atoms with Crippen LogP contribution >= 0.6 is 0 Å². The zero-order valence-corrected chi connectivity index (χ0v) is 7.04. The van der Waals surface area contributed by atoms with Gasteiger partial charge in [0.1, 0.15) is 5.75 Å². The van der Waals surface area contributed by atoms with Crippen LogP contribution in [0, 0.1) is 0 Å². The van der Waals surface area contributed by atoms with Crippen molar-refractivity contribution in [1.29, 1.82) is 0 Å². The van der Waals surface area contributed by atoms with Crippen molar-refractivity contribution in [1.82, 2.24) is 0 Å². The maximum atomic E-state index is 11.7. The molecule has 0 unspecified atom stereocenters. The first-order chi connectivity index (χ1) is 6.22. The van der Waals surface area contributed by atoms with Gasteiger partial charge in [0.05, 0.1) is 0 Å². The molecule has 0 saturated heterocycles. The molecule has 0 aliphatic heterocycles. The van der Waals surface area contributed by atoms with Gasteiger partial charge in [-0.2, -0.15) is 8.78 Å². The lowest BCUT2D eigenvalue weighted by Crippen LogP contribution is -2.01. The lowest BCUT2D eigenvalue weighted by atomic mass is 10.1. The van der Waals surface area contributed by atoms with Crippen molar-refractivity contribution in [2.24, 2.45) is 0 Å². The van der Waals surface area contributed by atoms with E-state index in [1.165, 1.54) is 12.1 Å². The molecule has 0 atom stereocenters. The Morgan fingerprint density at radius 2 is 1.92 bits per heavy atom. The molecule has 0 amide bonds.